The van der Waals surface area contributed by atoms with E-state index < -0.39 is 15.8 Å². The van der Waals surface area contributed by atoms with Crippen LogP contribution in [0.25, 0.3) is 0 Å². The average Bonchev–Trinajstić information content (AvgIpc) is 3.10. The van der Waals surface area contributed by atoms with Gasteiger partial charge in [-0.1, -0.05) is 0 Å². The van der Waals surface area contributed by atoms with Gasteiger partial charge in [0.1, 0.15) is 18.1 Å². The first-order valence-corrected chi connectivity index (χ1v) is 8.84. The van der Waals surface area contributed by atoms with Crippen molar-refractivity contribution in [3.05, 3.63) is 35.8 Å². The van der Waals surface area contributed by atoms with Gasteiger partial charge in [-0.3, -0.25) is 0 Å². The molecule has 0 saturated carbocycles. The molecule has 1 aromatic heterocycles. The van der Waals surface area contributed by atoms with Crippen LogP contribution in [0.15, 0.2) is 29.3 Å². The standard InChI is InChI=1S/C13H14FN3O3S2/c1-9-6-10(14)2-3-12(9)22(18,19)17-5-4-11(8-17)20-13-7-15-21-16-13/h2-3,6-7,11H,4-5,8H2,1H3. The Balaban J connectivity index is 1.76. The van der Waals surface area contributed by atoms with Gasteiger partial charge in [0.2, 0.25) is 15.9 Å². The number of ether oxygens (including phenoxy) is 1. The van der Waals surface area contributed by atoms with E-state index in [4.69, 9.17) is 4.74 Å². The maximum atomic E-state index is 13.1. The van der Waals surface area contributed by atoms with Crippen LogP contribution in [0, 0.1) is 12.7 Å². The van der Waals surface area contributed by atoms with Gasteiger partial charge in [-0.25, -0.2) is 12.8 Å². The highest BCUT2D eigenvalue weighted by molar-refractivity contribution is 7.89. The second-order valence-electron chi connectivity index (χ2n) is 5.05. The maximum absolute atomic E-state index is 13.1. The zero-order valence-corrected chi connectivity index (χ0v) is 13.4. The van der Waals surface area contributed by atoms with Gasteiger partial charge in [0, 0.05) is 6.54 Å². The van der Waals surface area contributed by atoms with Gasteiger partial charge in [-0.05, 0) is 37.1 Å². The predicted octanol–water partition coefficient (Wildman–Crippen LogP) is 1.83. The Morgan fingerprint density at radius 3 is 2.95 bits per heavy atom. The van der Waals surface area contributed by atoms with Gasteiger partial charge in [-0.2, -0.15) is 8.68 Å². The number of hydrogen-bond donors (Lipinski definition) is 0. The van der Waals surface area contributed by atoms with Crippen molar-refractivity contribution in [2.24, 2.45) is 0 Å². The lowest BCUT2D eigenvalue weighted by molar-refractivity contribution is 0.208. The number of aryl methyl sites for hydroxylation is 1. The minimum Gasteiger partial charge on any atom is -0.471 e. The van der Waals surface area contributed by atoms with Crippen LogP contribution in [0.4, 0.5) is 4.39 Å². The fourth-order valence-corrected chi connectivity index (χ4v) is 4.48. The minimum absolute atomic E-state index is 0.130. The highest BCUT2D eigenvalue weighted by Crippen LogP contribution is 2.25. The summed E-state index contributed by atoms with van der Waals surface area (Å²) in [5.41, 5.74) is 0.396. The molecule has 22 heavy (non-hydrogen) atoms. The highest BCUT2D eigenvalue weighted by atomic mass is 32.2. The Kier molecular flexibility index (Phi) is 4.11. The Morgan fingerprint density at radius 1 is 1.45 bits per heavy atom. The molecule has 0 radical (unpaired) electrons. The Morgan fingerprint density at radius 2 is 2.27 bits per heavy atom. The number of hydrogen-bond acceptors (Lipinski definition) is 6. The summed E-state index contributed by atoms with van der Waals surface area (Å²) < 4.78 is 53.2. The second-order valence-corrected chi connectivity index (χ2v) is 7.51. The molecule has 9 heteroatoms. The van der Waals surface area contributed by atoms with E-state index in [1.807, 2.05) is 0 Å². The molecule has 1 aliphatic heterocycles. The normalized spacial score (nSPS) is 19.5. The van der Waals surface area contributed by atoms with E-state index in [2.05, 4.69) is 8.75 Å². The van der Waals surface area contributed by atoms with E-state index in [-0.39, 0.29) is 17.5 Å². The molecule has 6 nitrogen and oxygen atoms in total. The van der Waals surface area contributed by atoms with Crippen molar-refractivity contribution in [2.45, 2.75) is 24.3 Å². The topological polar surface area (TPSA) is 72.4 Å². The molecule has 1 saturated heterocycles. The first kappa shape index (κ1) is 15.3. The van der Waals surface area contributed by atoms with Gasteiger partial charge in [0.25, 0.3) is 0 Å². The van der Waals surface area contributed by atoms with Gasteiger partial charge in [-0.15, -0.1) is 4.37 Å². The van der Waals surface area contributed by atoms with Crippen molar-refractivity contribution in [2.75, 3.05) is 13.1 Å². The quantitative estimate of drug-likeness (QED) is 0.847. The second kappa shape index (κ2) is 5.90. The molecule has 1 aliphatic rings. The van der Waals surface area contributed by atoms with Crippen LogP contribution in [0.1, 0.15) is 12.0 Å². The fourth-order valence-electron chi connectivity index (χ4n) is 2.43. The fraction of sp³-hybridized carbons (Fsp3) is 0.385. The third-order valence-corrected chi connectivity index (χ3v) is 5.98. The first-order valence-electron chi connectivity index (χ1n) is 6.67. The largest absolute Gasteiger partial charge is 0.471 e. The van der Waals surface area contributed by atoms with Crippen LogP contribution in [0.2, 0.25) is 0 Å². The predicted molar refractivity (Wildman–Crippen MR) is 78.8 cm³/mol. The van der Waals surface area contributed by atoms with Gasteiger partial charge in [0.05, 0.1) is 23.2 Å². The third-order valence-electron chi connectivity index (χ3n) is 3.49. The first-order chi connectivity index (χ1) is 10.5. The third kappa shape index (κ3) is 2.96. The lowest BCUT2D eigenvalue weighted by Gasteiger charge is -2.18. The smallest absolute Gasteiger partial charge is 0.246 e. The molecular formula is C13H14FN3O3S2. The summed E-state index contributed by atoms with van der Waals surface area (Å²) in [5.74, 6) is -0.0395. The van der Waals surface area contributed by atoms with E-state index in [1.165, 1.54) is 22.6 Å². The number of halogens is 1. The van der Waals surface area contributed by atoms with Crippen LogP contribution >= 0.6 is 11.7 Å². The van der Waals surface area contributed by atoms with Crippen molar-refractivity contribution < 1.29 is 17.5 Å². The van der Waals surface area contributed by atoms with Crippen LogP contribution in [0.5, 0.6) is 5.88 Å². The SMILES string of the molecule is Cc1cc(F)ccc1S(=O)(=O)N1CCC(Oc2cnsn2)C1. The molecule has 1 aromatic carbocycles. The molecule has 1 atom stereocenters. The monoisotopic (exact) mass is 343 g/mol. The summed E-state index contributed by atoms with van der Waals surface area (Å²) in [5, 5.41) is 0. The van der Waals surface area contributed by atoms with Gasteiger partial charge < -0.3 is 4.74 Å². The van der Waals surface area contributed by atoms with Crippen molar-refractivity contribution in [3.63, 3.8) is 0 Å². The van der Waals surface area contributed by atoms with E-state index in [9.17, 15) is 12.8 Å². The van der Waals surface area contributed by atoms with Gasteiger partial charge >= 0.3 is 0 Å². The summed E-state index contributed by atoms with van der Waals surface area (Å²) in [7, 11) is -3.64. The van der Waals surface area contributed by atoms with Gasteiger partial charge in [0.15, 0.2) is 0 Å². The number of nitrogens with zero attached hydrogens (tertiary/aromatic N) is 3. The summed E-state index contributed by atoms with van der Waals surface area (Å²) >= 11 is 1.04. The van der Waals surface area contributed by atoms with Crippen molar-refractivity contribution in [1.29, 1.82) is 0 Å². The average molecular weight is 343 g/mol. The Hall–Kier alpha value is -1.58. The summed E-state index contributed by atoms with van der Waals surface area (Å²) in [6.07, 6.45) is 1.84. The molecule has 0 spiro atoms. The van der Waals surface area contributed by atoms with E-state index in [0.717, 1.165) is 17.8 Å². The highest BCUT2D eigenvalue weighted by Gasteiger charge is 2.34. The number of benzene rings is 1. The summed E-state index contributed by atoms with van der Waals surface area (Å²) in [6, 6.07) is 3.68. The zero-order valence-electron chi connectivity index (χ0n) is 11.8. The van der Waals surface area contributed by atoms with Crippen molar-refractivity contribution in [3.8, 4) is 5.88 Å². The molecule has 1 fully saturated rings. The number of sulfonamides is 1. The minimum atomic E-state index is -3.64. The zero-order chi connectivity index (χ0) is 15.7. The van der Waals surface area contributed by atoms with Crippen LogP contribution in [-0.2, 0) is 10.0 Å². The van der Waals surface area contributed by atoms with Crippen LogP contribution in [0.3, 0.4) is 0 Å². The Bertz CT molecular complexity index is 765. The van der Waals surface area contributed by atoms with E-state index in [0.29, 0.717) is 24.4 Å². The molecule has 118 valence electrons. The van der Waals surface area contributed by atoms with Crippen molar-refractivity contribution >= 4 is 21.8 Å². The van der Waals surface area contributed by atoms with Crippen LogP contribution in [-0.4, -0.2) is 40.7 Å². The molecule has 3 rings (SSSR count). The number of rotatable bonds is 4. The lowest BCUT2D eigenvalue weighted by Crippen LogP contribution is -2.31. The molecule has 2 heterocycles. The molecule has 0 amide bonds. The summed E-state index contributed by atoms with van der Waals surface area (Å²) in [4.78, 5) is 0.130. The molecule has 0 bridgehead atoms. The lowest BCUT2D eigenvalue weighted by atomic mass is 10.2. The van der Waals surface area contributed by atoms with E-state index in [1.54, 1.807) is 6.92 Å². The molecular weight excluding hydrogens is 329 g/mol. The maximum Gasteiger partial charge on any atom is 0.246 e. The molecule has 1 unspecified atom stereocenters. The van der Waals surface area contributed by atoms with E-state index >= 15 is 0 Å². The summed E-state index contributed by atoms with van der Waals surface area (Å²) in [6.45, 7) is 2.19. The Labute approximate surface area is 131 Å². The van der Waals surface area contributed by atoms with Crippen molar-refractivity contribution in [1.82, 2.24) is 13.1 Å². The number of aromatic nitrogens is 2. The molecule has 0 N–H and O–H groups in total. The molecule has 2 aromatic rings. The molecule has 0 aliphatic carbocycles. The van der Waals surface area contributed by atoms with Crippen LogP contribution < -0.4 is 4.74 Å².